The number of allylic oxidation sites excluding steroid dienone is 1. The van der Waals surface area contributed by atoms with Crippen LogP contribution in [0.2, 0.25) is 0 Å². The summed E-state index contributed by atoms with van der Waals surface area (Å²) in [6.45, 7) is 14.3. The van der Waals surface area contributed by atoms with E-state index in [1.54, 1.807) is 11.0 Å². The molecule has 10 heteroatoms. The quantitative estimate of drug-likeness (QED) is 0.194. The van der Waals surface area contributed by atoms with Crippen molar-refractivity contribution in [3.63, 3.8) is 0 Å². The molecule has 5 amide bonds. The normalized spacial score (nSPS) is 22.8. The van der Waals surface area contributed by atoms with Crippen molar-refractivity contribution in [3.05, 3.63) is 60.7 Å². The number of nitrogens with zero attached hydrogens (tertiary/aromatic N) is 1. The van der Waals surface area contributed by atoms with Crippen LogP contribution < -0.4 is 21.3 Å². The number of fused-ring (bicyclic) bond motifs is 2. The fourth-order valence-electron chi connectivity index (χ4n) is 6.85. The lowest BCUT2D eigenvalue weighted by molar-refractivity contribution is -0.144. The highest BCUT2D eigenvalue weighted by molar-refractivity contribution is 6.38. The summed E-state index contributed by atoms with van der Waals surface area (Å²) in [6.07, 6.45) is 5.75. The highest BCUT2D eigenvalue weighted by Gasteiger charge is 2.69. The van der Waals surface area contributed by atoms with Gasteiger partial charge in [0.15, 0.2) is 0 Å². The molecule has 1 saturated heterocycles. The van der Waals surface area contributed by atoms with Crippen LogP contribution in [-0.2, 0) is 32.0 Å². The number of benzene rings is 1. The Balaban J connectivity index is 1.57. The molecule has 0 aromatic heterocycles. The van der Waals surface area contributed by atoms with E-state index in [4.69, 9.17) is 0 Å². The minimum Gasteiger partial charge on any atom is -0.346 e. The smallest absolute Gasteiger partial charge is 0.315 e. The number of hydrogen-bond acceptors (Lipinski definition) is 5. The fraction of sp³-hybridized carbons (Fsp3) is 0.545. The Hall–Kier alpha value is -3.95. The second-order valence-electron chi connectivity index (χ2n) is 12.5. The van der Waals surface area contributed by atoms with Crippen LogP contribution >= 0.6 is 0 Å². The first-order valence-corrected chi connectivity index (χ1v) is 15.3. The van der Waals surface area contributed by atoms with Gasteiger partial charge in [-0.3, -0.25) is 19.2 Å². The molecular weight excluding hydrogens is 546 g/mol. The average molecular weight is 592 g/mol. The van der Waals surface area contributed by atoms with E-state index in [0.29, 0.717) is 32.4 Å². The molecule has 2 fully saturated rings. The van der Waals surface area contributed by atoms with E-state index in [2.05, 4.69) is 48.3 Å². The average Bonchev–Trinajstić information content (AvgIpc) is 3.36. The predicted molar refractivity (Wildman–Crippen MR) is 164 cm³/mol. The molecule has 4 rings (SSSR count). The maximum absolute atomic E-state index is 14.4. The predicted octanol–water partition coefficient (Wildman–Crippen LogP) is 2.28. The first-order valence-electron chi connectivity index (χ1n) is 15.3. The minimum atomic E-state index is -1.06. The van der Waals surface area contributed by atoms with Gasteiger partial charge in [-0.05, 0) is 66.4 Å². The van der Waals surface area contributed by atoms with Gasteiger partial charge in [0.05, 0.1) is 6.04 Å². The lowest BCUT2D eigenvalue weighted by atomic mass is 9.93. The van der Waals surface area contributed by atoms with Crippen LogP contribution in [0.4, 0.5) is 4.79 Å². The molecule has 0 radical (unpaired) electrons. The number of rotatable bonds is 14. The van der Waals surface area contributed by atoms with E-state index in [-0.39, 0.29) is 42.0 Å². The summed E-state index contributed by atoms with van der Waals surface area (Å²) in [7, 11) is 0. The Labute approximate surface area is 254 Å². The number of urea groups is 1. The Morgan fingerprint density at radius 3 is 2.30 bits per heavy atom. The molecule has 1 aromatic carbocycles. The third-order valence-corrected chi connectivity index (χ3v) is 9.33. The van der Waals surface area contributed by atoms with Crippen molar-refractivity contribution >= 4 is 29.5 Å². The monoisotopic (exact) mass is 591 g/mol. The summed E-state index contributed by atoms with van der Waals surface area (Å²) in [5.41, 5.74) is 2.14. The van der Waals surface area contributed by atoms with Crippen LogP contribution in [-0.4, -0.2) is 72.2 Å². The second-order valence-corrected chi connectivity index (χ2v) is 12.5. The van der Waals surface area contributed by atoms with Crippen molar-refractivity contribution in [2.24, 2.45) is 23.2 Å². The van der Waals surface area contributed by atoms with Gasteiger partial charge in [0.2, 0.25) is 17.6 Å². The number of amides is 5. The number of piperidine rings is 1. The molecular formula is C33H45N5O5. The number of carbonyl (C=O) groups is 5. The summed E-state index contributed by atoms with van der Waals surface area (Å²) in [4.78, 5) is 68.2. The molecule has 10 nitrogen and oxygen atoms in total. The first kappa shape index (κ1) is 32.0. The van der Waals surface area contributed by atoms with Gasteiger partial charge in [0.1, 0.15) is 12.1 Å². The Bertz CT molecular complexity index is 1250. The van der Waals surface area contributed by atoms with Crippen molar-refractivity contribution in [1.82, 2.24) is 26.2 Å². The SMILES string of the molecule is C=CCCC(NC(=O)[C@@H]1[C@H]2[C@@H](CN1C(=O)[C@@H](NC(=O)NCCC)C1Cc3ccccc3C1)C2(C)C)C(=O)C(=O)NCC=C. The molecule has 2 aliphatic carbocycles. The van der Waals surface area contributed by atoms with Gasteiger partial charge in [-0.25, -0.2) is 4.79 Å². The molecule has 0 bridgehead atoms. The zero-order valence-electron chi connectivity index (χ0n) is 25.5. The summed E-state index contributed by atoms with van der Waals surface area (Å²) >= 11 is 0. The van der Waals surface area contributed by atoms with Crippen LogP contribution in [0.5, 0.6) is 0 Å². The summed E-state index contributed by atoms with van der Waals surface area (Å²) in [6, 6.07) is 4.90. The lowest BCUT2D eigenvalue weighted by Crippen LogP contribution is -2.60. The molecule has 5 atom stereocenters. The largest absolute Gasteiger partial charge is 0.346 e. The summed E-state index contributed by atoms with van der Waals surface area (Å²) < 4.78 is 0. The van der Waals surface area contributed by atoms with Crippen molar-refractivity contribution in [2.75, 3.05) is 19.6 Å². The van der Waals surface area contributed by atoms with Crippen molar-refractivity contribution in [3.8, 4) is 0 Å². The van der Waals surface area contributed by atoms with Gasteiger partial charge in [-0.1, -0.05) is 57.2 Å². The molecule has 1 aliphatic heterocycles. The topological polar surface area (TPSA) is 137 Å². The number of nitrogens with one attached hydrogen (secondary N) is 4. The molecule has 232 valence electrons. The first-order chi connectivity index (χ1) is 20.5. The molecule has 4 N–H and O–H groups in total. The van der Waals surface area contributed by atoms with E-state index in [1.165, 1.54) is 6.08 Å². The van der Waals surface area contributed by atoms with Gasteiger partial charge >= 0.3 is 6.03 Å². The maximum atomic E-state index is 14.4. The number of Topliss-reactive ketones (excluding diaryl/α,β-unsaturated/α-hetero) is 1. The van der Waals surface area contributed by atoms with Crippen LogP contribution in [0, 0.1) is 23.2 Å². The van der Waals surface area contributed by atoms with Crippen molar-refractivity contribution in [1.29, 1.82) is 0 Å². The van der Waals surface area contributed by atoms with Gasteiger partial charge in [-0.15, -0.1) is 13.2 Å². The van der Waals surface area contributed by atoms with E-state index in [9.17, 15) is 24.0 Å². The Morgan fingerprint density at radius 2 is 1.70 bits per heavy atom. The minimum absolute atomic E-state index is 0.100. The fourth-order valence-corrected chi connectivity index (χ4v) is 6.85. The second kappa shape index (κ2) is 13.6. The third-order valence-electron chi connectivity index (χ3n) is 9.33. The molecule has 1 heterocycles. The number of likely N-dealkylation sites (tertiary alicyclic amines) is 1. The van der Waals surface area contributed by atoms with Gasteiger partial charge < -0.3 is 26.2 Å². The number of ketones is 1. The van der Waals surface area contributed by atoms with Crippen LogP contribution in [0.3, 0.4) is 0 Å². The standard InChI is InChI=1S/C33H45N5O5/c1-6-9-14-24(28(39)30(41)34-15-7-2)36-29(40)27-25-23(33(25,4)5)19-38(27)31(42)26(37-32(43)35-16-8-3)22-17-20-12-10-11-13-21(20)18-22/h6-7,10-13,22-27H,1-2,8-9,14-19H2,3-5H3,(H,34,41)(H,36,40)(H2,35,37,43)/t23-,24?,25-,26+,27+/m1/s1. The maximum Gasteiger partial charge on any atom is 0.315 e. The zero-order valence-corrected chi connectivity index (χ0v) is 25.5. The van der Waals surface area contributed by atoms with Crippen molar-refractivity contribution < 1.29 is 24.0 Å². The molecule has 0 spiro atoms. The third kappa shape index (κ3) is 6.84. The lowest BCUT2D eigenvalue weighted by Gasteiger charge is -2.35. The Kier molecular flexibility index (Phi) is 10.1. The van der Waals surface area contributed by atoms with Crippen LogP contribution in [0.25, 0.3) is 0 Å². The van der Waals surface area contributed by atoms with Gasteiger partial charge in [0.25, 0.3) is 5.91 Å². The number of carbonyl (C=O) groups excluding carboxylic acids is 5. The molecule has 1 saturated carbocycles. The number of hydrogen-bond donors (Lipinski definition) is 4. The van der Waals surface area contributed by atoms with E-state index >= 15 is 0 Å². The van der Waals surface area contributed by atoms with Crippen LogP contribution in [0.15, 0.2) is 49.6 Å². The highest BCUT2D eigenvalue weighted by atomic mass is 16.2. The molecule has 1 aromatic rings. The molecule has 43 heavy (non-hydrogen) atoms. The van der Waals surface area contributed by atoms with E-state index < -0.39 is 41.8 Å². The highest BCUT2D eigenvalue weighted by Crippen LogP contribution is 2.65. The van der Waals surface area contributed by atoms with E-state index in [0.717, 1.165) is 17.5 Å². The summed E-state index contributed by atoms with van der Waals surface area (Å²) in [5, 5.41) is 11.0. The molecule has 1 unspecified atom stereocenters. The Morgan fingerprint density at radius 1 is 1.02 bits per heavy atom. The van der Waals surface area contributed by atoms with E-state index in [1.807, 2.05) is 31.2 Å². The van der Waals surface area contributed by atoms with Gasteiger partial charge in [0, 0.05) is 19.6 Å². The van der Waals surface area contributed by atoms with Gasteiger partial charge in [-0.2, -0.15) is 0 Å². The summed E-state index contributed by atoms with van der Waals surface area (Å²) in [5.74, 6) is -2.48. The van der Waals surface area contributed by atoms with Crippen molar-refractivity contribution in [2.45, 2.75) is 71.0 Å². The zero-order chi connectivity index (χ0) is 31.3. The van der Waals surface area contributed by atoms with Crippen LogP contribution in [0.1, 0.15) is 51.2 Å². The molecule has 3 aliphatic rings.